The third-order valence-corrected chi connectivity index (χ3v) is 5.97. The first kappa shape index (κ1) is 15.6. The molecule has 2 N–H and O–H groups in total. The van der Waals surface area contributed by atoms with Gasteiger partial charge in [-0.2, -0.15) is 0 Å². The summed E-state index contributed by atoms with van der Waals surface area (Å²) in [5.41, 5.74) is 0. The van der Waals surface area contributed by atoms with Gasteiger partial charge in [-0.25, -0.2) is 0 Å². The van der Waals surface area contributed by atoms with Crippen molar-refractivity contribution < 1.29 is 9.53 Å². The molecule has 5 heteroatoms. The molecule has 0 aromatic carbocycles. The van der Waals surface area contributed by atoms with E-state index in [1.807, 2.05) is 0 Å². The van der Waals surface area contributed by atoms with Crippen molar-refractivity contribution in [1.82, 2.24) is 10.6 Å². The summed E-state index contributed by atoms with van der Waals surface area (Å²) in [4.78, 5) is 12.3. The van der Waals surface area contributed by atoms with Gasteiger partial charge in [-0.1, -0.05) is 0 Å². The predicted molar refractivity (Wildman–Crippen MR) is 83.5 cm³/mol. The molecule has 0 aromatic rings. The van der Waals surface area contributed by atoms with E-state index in [9.17, 15) is 4.79 Å². The van der Waals surface area contributed by atoms with E-state index in [0.29, 0.717) is 12.5 Å². The Hall–Kier alpha value is -0.320. The summed E-state index contributed by atoms with van der Waals surface area (Å²) in [6.45, 7) is 2.46. The summed E-state index contributed by atoms with van der Waals surface area (Å²) in [7, 11) is 0. The first-order chi connectivity index (χ1) is 9.78. The predicted octanol–water partition coefficient (Wildman–Crippen LogP) is 1.73. The molecule has 120 valence electrons. The molecule has 0 radical (unpaired) electrons. The van der Waals surface area contributed by atoms with Crippen LogP contribution >= 0.6 is 12.4 Å². The Morgan fingerprint density at radius 1 is 1.10 bits per heavy atom. The van der Waals surface area contributed by atoms with E-state index < -0.39 is 0 Å². The molecule has 21 heavy (non-hydrogen) atoms. The van der Waals surface area contributed by atoms with Gasteiger partial charge in [0.2, 0.25) is 5.91 Å². The van der Waals surface area contributed by atoms with Crippen molar-refractivity contribution in [2.24, 2.45) is 23.7 Å². The van der Waals surface area contributed by atoms with Crippen molar-refractivity contribution in [2.75, 3.05) is 19.7 Å². The zero-order valence-electron chi connectivity index (χ0n) is 12.6. The first-order valence-corrected chi connectivity index (χ1v) is 8.39. The Labute approximate surface area is 133 Å². The zero-order chi connectivity index (χ0) is 13.5. The van der Waals surface area contributed by atoms with Gasteiger partial charge in [0.25, 0.3) is 0 Å². The standard InChI is InChI=1S/C16H26N2O2.ClH/c19-15(8-14-9-17-1-2-20-14)18-16-12-4-10-3-11(6-12)7-13(16)5-10;/h10-14,16-17H,1-9H2,(H,18,19);1H. The summed E-state index contributed by atoms with van der Waals surface area (Å²) in [6.07, 6.45) is 7.50. The second-order valence-corrected chi connectivity index (χ2v) is 7.43. The van der Waals surface area contributed by atoms with Crippen molar-refractivity contribution in [1.29, 1.82) is 0 Å². The van der Waals surface area contributed by atoms with Gasteiger partial charge in [0.15, 0.2) is 0 Å². The van der Waals surface area contributed by atoms with Crippen molar-refractivity contribution in [2.45, 2.75) is 50.7 Å². The van der Waals surface area contributed by atoms with Gasteiger partial charge in [0.05, 0.1) is 19.1 Å². The second-order valence-electron chi connectivity index (χ2n) is 7.43. The number of hydrogen-bond donors (Lipinski definition) is 2. The quantitative estimate of drug-likeness (QED) is 0.834. The molecule has 1 atom stereocenters. The lowest BCUT2D eigenvalue weighted by molar-refractivity contribution is -0.128. The minimum atomic E-state index is 0. The van der Waals surface area contributed by atoms with E-state index in [1.165, 1.54) is 32.1 Å². The molecular formula is C16H27ClN2O2. The largest absolute Gasteiger partial charge is 0.375 e. The first-order valence-electron chi connectivity index (χ1n) is 8.39. The second kappa shape index (κ2) is 6.43. The molecule has 1 unspecified atom stereocenters. The monoisotopic (exact) mass is 314 g/mol. The number of rotatable bonds is 3. The number of carbonyl (C=O) groups is 1. The van der Waals surface area contributed by atoms with Crippen LogP contribution in [0.1, 0.15) is 38.5 Å². The van der Waals surface area contributed by atoms with Crippen LogP contribution in [0.4, 0.5) is 0 Å². The zero-order valence-corrected chi connectivity index (χ0v) is 13.4. The van der Waals surface area contributed by atoms with Gasteiger partial charge in [-0.05, 0) is 55.8 Å². The summed E-state index contributed by atoms with van der Waals surface area (Å²) < 4.78 is 5.63. The van der Waals surface area contributed by atoms with Crippen molar-refractivity contribution in [3.63, 3.8) is 0 Å². The highest BCUT2D eigenvalue weighted by Crippen LogP contribution is 2.53. The van der Waals surface area contributed by atoms with Crippen molar-refractivity contribution in [3.8, 4) is 0 Å². The van der Waals surface area contributed by atoms with Crippen LogP contribution in [-0.4, -0.2) is 37.7 Å². The number of hydrogen-bond acceptors (Lipinski definition) is 3. The van der Waals surface area contributed by atoms with Gasteiger partial charge in [0.1, 0.15) is 0 Å². The molecule has 1 aliphatic heterocycles. The maximum atomic E-state index is 12.3. The van der Waals surface area contributed by atoms with Gasteiger partial charge in [-0.3, -0.25) is 4.79 Å². The number of halogens is 1. The fourth-order valence-corrected chi connectivity index (χ4v) is 5.36. The highest BCUT2D eigenvalue weighted by atomic mass is 35.5. The van der Waals surface area contributed by atoms with Gasteiger partial charge in [0, 0.05) is 19.1 Å². The summed E-state index contributed by atoms with van der Waals surface area (Å²) >= 11 is 0. The van der Waals surface area contributed by atoms with Crippen LogP contribution in [-0.2, 0) is 9.53 Å². The third-order valence-electron chi connectivity index (χ3n) is 5.97. The maximum Gasteiger partial charge on any atom is 0.222 e. The van der Waals surface area contributed by atoms with Crippen LogP contribution in [0.3, 0.4) is 0 Å². The lowest BCUT2D eigenvalue weighted by Crippen LogP contribution is -2.56. The Bertz CT molecular complexity index is 356. The topological polar surface area (TPSA) is 50.4 Å². The van der Waals surface area contributed by atoms with Crippen LogP contribution < -0.4 is 10.6 Å². The van der Waals surface area contributed by atoms with Crippen LogP contribution in [0.2, 0.25) is 0 Å². The molecule has 1 amide bonds. The van der Waals surface area contributed by atoms with Crippen LogP contribution in [0.5, 0.6) is 0 Å². The number of carbonyl (C=O) groups excluding carboxylic acids is 1. The highest BCUT2D eigenvalue weighted by Gasteiger charge is 2.48. The molecule has 5 fully saturated rings. The molecule has 4 aliphatic carbocycles. The molecule has 4 saturated carbocycles. The fourth-order valence-electron chi connectivity index (χ4n) is 5.36. The molecule has 1 saturated heterocycles. The third kappa shape index (κ3) is 3.22. The van der Waals surface area contributed by atoms with Crippen LogP contribution in [0.15, 0.2) is 0 Å². The van der Waals surface area contributed by atoms with Gasteiger partial charge in [-0.15, -0.1) is 12.4 Å². The van der Waals surface area contributed by atoms with E-state index >= 15 is 0 Å². The lowest BCUT2D eigenvalue weighted by atomic mass is 9.54. The van der Waals surface area contributed by atoms with Crippen molar-refractivity contribution >= 4 is 18.3 Å². The Kier molecular flexibility index (Phi) is 4.77. The molecule has 4 bridgehead atoms. The molecule has 5 aliphatic rings. The maximum absolute atomic E-state index is 12.3. The number of nitrogens with one attached hydrogen (secondary N) is 2. The number of morpholine rings is 1. The molecule has 4 nitrogen and oxygen atoms in total. The Balaban J connectivity index is 0.00000132. The van der Waals surface area contributed by atoms with Crippen LogP contribution in [0.25, 0.3) is 0 Å². The summed E-state index contributed by atoms with van der Waals surface area (Å²) in [6, 6.07) is 0.465. The Morgan fingerprint density at radius 3 is 2.33 bits per heavy atom. The number of ether oxygens (including phenoxy) is 1. The smallest absolute Gasteiger partial charge is 0.222 e. The summed E-state index contributed by atoms with van der Waals surface area (Å²) in [5.74, 6) is 3.67. The van der Waals surface area contributed by atoms with Crippen molar-refractivity contribution in [3.05, 3.63) is 0 Å². The average Bonchev–Trinajstić information content (AvgIpc) is 2.43. The fraction of sp³-hybridized carbons (Fsp3) is 0.938. The normalized spacial score (nSPS) is 44.2. The van der Waals surface area contributed by atoms with Crippen LogP contribution in [0, 0.1) is 23.7 Å². The Morgan fingerprint density at radius 2 is 1.76 bits per heavy atom. The van der Waals surface area contributed by atoms with E-state index in [0.717, 1.165) is 43.4 Å². The van der Waals surface area contributed by atoms with E-state index in [1.54, 1.807) is 0 Å². The van der Waals surface area contributed by atoms with Gasteiger partial charge >= 0.3 is 0 Å². The lowest BCUT2D eigenvalue weighted by Gasteiger charge is -2.54. The van der Waals surface area contributed by atoms with E-state index in [2.05, 4.69) is 10.6 Å². The SMILES string of the molecule is Cl.O=C(CC1CNCCO1)NC1C2CC3CC(C2)CC1C3. The summed E-state index contributed by atoms with van der Waals surface area (Å²) in [5, 5.41) is 6.65. The van der Waals surface area contributed by atoms with Gasteiger partial charge < -0.3 is 15.4 Å². The molecule has 0 aromatic heterocycles. The van der Waals surface area contributed by atoms with E-state index in [-0.39, 0.29) is 24.4 Å². The number of amides is 1. The minimum absolute atomic E-state index is 0. The molecule has 5 rings (SSSR count). The molecular weight excluding hydrogens is 288 g/mol. The molecule has 0 spiro atoms. The highest BCUT2D eigenvalue weighted by molar-refractivity contribution is 5.85. The van der Waals surface area contributed by atoms with E-state index in [4.69, 9.17) is 4.74 Å². The average molecular weight is 315 g/mol. The minimum Gasteiger partial charge on any atom is -0.375 e. The molecule has 1 heterocycles.